The summed E-state index contributed by atoms with van der Waals surface area (Å²) >= 11 is 0. The van der Waals surface area contributed by atoms with Gasteiger partial charge in [-0.1, -0.05) is 20.3 Å². The van der Waals surface area contributed by atoms with Crippen molar-refractivity contribution < 1.29 is 28.1 Å². The quantitative estimate of drug-likeness (QED) is 0.508. The van der Waals surface area contributed by atoms with Crippen molar-refractivity contribution >= 4 is 0 Å². The number of alkyl halides is 3. The van der Waals surface area contributed by atoms with Gasteiger partial charge in [-0.3, -0.25) is 0 Å². The zero-order valence-electron chi connectivity index (χ0n) is 20.4. The van der Waals surface area contributed by atoms with E-state index in [4.69, 9.17) is 4.74 Å². The topological polar surface area (TPSA) is 49.7 Å². The molecule has 6 heteroatoms. The Morgan fingerprint density at radius 1 is 0.879 bits per heavy atom. The first kappa shape index (κ1) is 24.4. The highest BCUT2D eigenvalue weighted by atomic mass is 19.4. The van der Waals surface area contributed by atoms with E-state index in [0.29, 0.717) is 48.7 Å². The molecule has 33 heavy (non-hydrogen) atoms. The monoisotopic (exact) mass is 472 g/mol. The van der Waals surface area contributed by atoms with Crippen molar-refractivity contribution in [2.45, 2.75) is 115 Å². The fraction of sp³-hybridized carbons (Fsp3) is 1.00. The first-order chi connectivity index (χ1) is 15.4. The summed E-state index contributed by atoms with van der Waals surface area (Å²) in [5, 5.41) is 21.0. The summed E-state index contributed by atoms with van der Waals surface area (Å²) in [6, 6.07) is 0. The molecule has 0 bridgehead atoms. The van der Waals surface area contributed by atoms with Crippen LogP contribution in [0.15, 0.2) is 0 Å². The number of hydrogen-bond donors (Lipinski definition) is 2. The Kier molecular flexibility index (Phi) is 5.98. The Labute approximate surface area is 196 Å². The van der Waals surface area contributed by atoms with E-state index in [-0.39, 0.29) is 24.2 Å². The smallest absolute Gasteiger partial charge is 0.387 e. The number of halogens is 3. The van der Waals surface area contributed by atoms with E-state index in [1.54, 1.807) is 0 Å². The molecule has 4 saturated carbocycles. The zero-order valence-corrected chi connectivity index (χ0v) is 20.4. The number of hydrogen-bond acceptors (Lipinski definition) is 3. The van der Waals surface area contributed by atoms with E-state index in [9.17, 15) is 23.4 Å². The molecule has 1 unspecified atom stereocenters. The normalized spacial score (nSPS) is 52.3. The van der Waals surface area contributed by atoms with Gasteiger partial charge in [-0.05, 0) is 111 Å². The van der Waals surface area contributed by atoms with Crippen LogP contribution in [0.1, 0.15) is 97.3 Å². The lowest BCUT2D eigenvalue weighted by Gasteiger charge is -2.62. The summed E-state index contributed by atoms with van der Waals surface area (Å²) in [4.78, 5) is 0. The highest BCUT2D eigenvalue weighted by Gasteiger charge is 2.64. The van der Waals surface area contributed by atoms with Gasteiger partial charge >= 0.3 is 6.18 Å². The molecule has 5 aliphatic rings. The minimum absolute atomic E-state index is 0.0185. The van der Waals surface area contributed by atoms with Crippen LogP contribution >= 0.6 is 0 Å². The number of fused-ring (bicyclic) bond motifs is 5. The first-order valence-corrected chi connectivity index (χ1v) is 13.5. The molecule has 190 valence electrons. The van der Waals surface area contributed by atoms with Crippen LogP contribution < -0.4 is 0 Å². The molecule has 0 aromatic rings. The molecule has 9 atom stereocenters. The van der Waals surface area contributed by atoms with Gasteiger partial charge in [0.25, 0.3) is 0 Å². The lowest BCUT2D eigenvalue weighted by atomic mass is 9.43. The van der Waals surface area contributed by atoms with E-state index in [1.807, 2.05) is 0 Å². The Morgan fingerprint density at radius 3 is 2.33 bits per heavy atom. The average Bonchev–Trinajstić information content (AvgIpc) is 3.31. The fourth-order valence-corrected chi connectivity index (χ4v) is 9.56. The lowest BCUT2D eigenvalue weighted by Crippen LogP contribution is -2.59. The molecule has 4 aliphatic carbocycles. The third-order valence-corrected chi connectivity index (χ3v) is 11.7. The molecule has 5 rings (SSSR count). The van der Waals surface area contributed by atoms with Crippen molar-refractivity contribution in [3.8, 4) is 0 Å². The predicted octanol–water partition coefficient (Wildman–Crippen LogP) is 6.26. The second-order valence-corrected chi connectivity index (χ2v) is 13.1. The highest BCUT2D eigenvalue weighted by molar-refractivity contribution is 5.11. The summed E-state index contributed by atoms with van der Waals surface area (Å²) in [6.45, 7) is 5.90. The summed E-state index contributed by atoms with van der Waals surface area (Å²) in [5.41, 5.74) is -2.84. The zero-order chi connectivity index (χ0) is 23.7. The van der Waals surface area contributed by atoms with Gasteiger partial charge in [-0.2, -0.15) is 13.2 Å². The van der Waals surface area contributed by atoms with Gasteiger partial charge in [0.05, 0.1) is 12.2 Å². The van der Waals surface area contributed by atoms with Gasteiger partial charge in [0.1, 0.15) is 0 Å². The molecule has 0 radical (unpaired) electrons. The molecule has 5 fully saturated rings. The third kappa shape index (κ3) is 3.89. The van der Waals surface area contributed by atoms with Crippen LogP contribution in [0, 0.1) is 40.4 Å². The predicted molar refractivity (Wildman–Crippen MR) is 120 cm³/mol. The second kappa shape index (κ2) is 8.09. The Balaban J connectivity index is 1.25. The largest absolute Gasteiger partial charge is 0.417 e. The molecule has 0 aromatic heterocycles. The second-order valence-electron chi connectivity index (χ2n) is 13.1. The van der Waals surface area contributed by atoms with E-state index >= 15 is 0 Å². The maximum absolute atomic E-state index is 13.6. The van der Waals surface area contributed by atoms with Crippen LogP contribution in [0.2, 0.25) is 0 Å². The molecule has 1 heterocycles. The van der Waals surface area contributed by atoms with Crippen molar-refractivity contribution in [2.24, 2.45) is 40.4 Å². The van der Waals surface area contributed by atoms with Crippen LogP contribution in [-0.2, 0) is 4.74 Å². The molecule has 0 aromatic carbocycles. The van der Waals surface area contributed by atoms with Gasteiger partial charge < -0.3 is 14.9 Å². The standard InChI is InChI=1S/C27H43F3O3/c1-23-11-9-22-20(7-5-19-16-26(32,27(28,29)30)13-12-24(19,22)2)21(23)8-6-18(23)4-3-10-25(31)14-15-33-17-25/h18-22,31-32H,3-17H2,1-2H3/t18-,19+,20+,21+,22+,23-,24+,25?,26+/m1/s1. The van der Waals surface area contributed by atoms with E-state index in [1.165, 1.54) is 25.7 Å². The maximum atomic E-state index is 13.6. The Bertz CT molecular complexity index is 735. The van der Waals surface area contributed by atoms with E-state index in [2.05, 4.69) is 13.8 Å². The Hall–Kier alpha value is -0.330. The van der Waals surface area contributed by atoms with Gasteiger partial charge in [0.15, 0.2) is 5.60 Å². The van der Waals surface area contributed by atoms with Gasteiger partial charge in [0, 0.05) is 13.0 Å². The molecule has 1 saturated heterocycles. The molecular weight excluding hydrogens is 429 g/mol. The molecule has 0 spiro atoms. The van der Waals surface area contributed by atoms with Crippen LogP contribution in [0.25, 0.3) is 0 Å². The maximum Gasteiger partial charge on any atom is 0.417 e. The molecule has 0 amide bonds. The van der Waals surface area contributed by atoms with E-state index < -0.39 is 17.4 Å². The summed E-state index contributed by atoms with van der Waals surface area (Å²) in [7, 11) is 0. The van der Waals surface area contributed by atoms with Gasteiger partial charge in [-0.15, -0.1) is 0 Å². The van der Waals surface area contributed by atoms with Crippen LogP contribution in [0.3, 0.4) is 0 Å². The van der Waals surface area contributed by atoms with Crippen LogP contribution in [0.5, 0.6) is 0 Å². The van der Waals surface area contributed by atoms with Crippen molar-refractivity contribution in [3.05, 3.63) is 0 Å². The number of aliphatic hydroxyl groups is 2. The fourth-order valence-electron chi connectivity index (χ4n) is 9.56. The highest BCUT2D eigenvalue weighted by Crippen LogP contribution is 2.69. The molecular formula is C27H43F3O3. The number of ether oxygens (including phenoxy) is 1. The molecule has 1 aliphatic heterocycles. The minimum atomic E-state index is -4.52. The summed E-state index contributed by atoms with van der Waals surface area (Å²) in [5.74, 6) is 2.48. The third-order valence-electron chi connectivity index (χ3n) is 11.7. The SMILES string of the molecule is C[C@]12CC[C@@](O)(C(F)(F)F)C[C@@H]1CC[C@@H]1[C@@H]2CC[C@]2(C)[C@H](CCCC3(O)CCOC3)CC[C@@H]12. The van der Waals surface area contributed by atoms with Gasteiger partial charge in [0.2, 0.25) is 0 Å². The molecule has 2 N–H and O–H groups in total. The number of rotatable bonds is 4. The van der Waals surface area contributed by atoms with Crippen molar-refractivity contribution in [2.75, 3.05) is 13.2 Å². The van der Waals surface area contributed by atoms with Gasteiger partial charge in [-0.25, -0.2) is 0 Å². The summed E-state index contributed by atoms with van der Waals surface area (Å²) < 4.78 is 46.1. The lowest BCUT2D eigenvalue weighted by molar-refractivity contribution is -0.290. The Morgan fingerprint density at radius 2 is 1.64 bits per heavy atom. The van der Waals surface area contributed by atoms with E-state index in [0.717, 1.165) is 38.5 Å². The van der Waals surface area contributed by atoms with Crippen LogP contribution in [-0.4, -0.2) is 40.8 Å². The van der Waals surface area contributed by atoms with Crippen molar-refractivity contribution in [1.29, 1.82) is 0 Å². The summed E-state index contributed by atoms with van der Waals surface area (Å²) in [6.07, 6.45) is 6.24. The first-order valence-electron chi connectivity index (χ1n) is 13.5. The van der Waals surface area contributed by atoms with Crippen molar-refractivity contribution in [1.82, 2.24) is 0 Å². The average molecular weight is 473 g/mol. The van der Waals surface area contributed by atoms with Crippen molar-refractivity contribution in [3.63, 3.8) is 0 Å². The van der Waals surface area contributed by atoms with Crippen LogP contribution in [0.4, 0.5) is 13.2 Å². The molecule has 3 nitrogen and oxygen atoms in total. The minimum Gasteiger partial charge on any atom is -0.387 e.